The first-order valence-corrected chi connectivity index (χ1v) is 5.58. The van der Waals surface area contributed by atoms with E-state index in [1.807, 2.05) is 6.07 Å². The predicted octanol–water partition coefficient (Wildman–Crippen LogP) is 2.22. The number of benzene rings is 1. The van der Waals surface area contributed by atoms with Gasteiger partial charge in [0.15, 0.2) is 11.5 Å². The second kappa shape index (κ2) is 3.95. The van der Waals surface area contributed by atoms with E-state index in [9.17, 15) is 9.90 Å². The Balaban J connectivity index is 2.40. The lowest BCUT2D eigenvalue weighted by atomic mass is 9.91. The van der Waals surface area contributed by atoms with Crippen molar-refractivity contribution in [1.82, 2.24) is 0 Å². The summed E-state index contributed by atoms with van der Waals surface area (Å²) in [6, 6.07) is 3.60. The second-order valence-electron chi connectivity index (χ2n) is 4.69. The van der Waals surface area contributed by atoms with Gasteiger partial charge in [0, 0.05) is 5.41 Å². The van der Waals surface area contributed by atoms with Gasteiger partial charge in [-0.1, -0.05) is 6.07 Å². The van der Waals surface area contributed by atoms with Gasteiger partial charge in [-0.3, -0.25) is 4.79 Å². The number of hydrogen-bond donors (Lipinski definition) is 2. The Morgan fingerprint density at radius 3 is 2.59 bits per heavy atom. The van der Waals surface area contributed by atoms with Crippen LogP contribution in [0.5, 0.6) is 11.5 Å². The topological polar surface area (TPSA) is 66.8 Å². The molecule has 1 aromatic rings. The molecule has 0 aromatic heterocycles. The number of aryl methyl sites for hydroxylation is 1. The quantitative estimate of drug-likeness (QED) is 0.841. The third-order valence-electron chi connectivity index (χ3n) is 3.44. The fourth-order valence-electron chi connectivity index (χ4n) is 2.22. The highest BCUT2D eigenvalue weighted by Gasteiger charge is 2.46. The lowest BCUT2D eigenvalue weighted by Crippen LogP contribution is -2.13. The smallest absolute Gasteiger partial charge is 0.304 e. The van der Waals surface area contributed by atoms with E-state index in [2.05, 4.69) is 0 Å². The summed E-state index contributed by atoms with van der Waals surface area (Å²) >= 11 is 0. The Hall–Kier alpha value is -1.71. The lowest BCUT2D eigenvalue weighted by Gasteiger charge is -2.16. The Bertz CT molecular complexity index is 461. The number of aliphatic carboxylic acids is 1. The van der Waals surface area contributed by atoms with E-state index in [1.54, 1.807) is 13.0 Å². The van der Waals surface area contributed by atoms with Crippen molar-refractivity contribution in [1.29, 1.82) is 0 Å². The van der Waals surface area contributed by atoms with Crippen LogP contribution < -0.4 is 4.74 Å². The summed E-state index contributed by atoms with van der Waals surface area (Å²) < 4.78 is 5.10. The maximum atomic E-state index is 10.9. The predicted molar refractivity (Wildman–Crippen MR) is 62.6 cm³/mol. The largest absolute Gasteiger partial charge is 0.504 e. The fourth-order valence-corrected chi connectivity index (χ4v) is 2.22. The molecule has 2 N–H and O–H groups in total. The Morgan fingerprint density at radius 1 is 1.47 bits per heavy atom. The van der Waals surface area contributed by atoms with Gasteiger partial charge in [-0.05, 0) is 37.0 Å². The van der Waals surface area contributed by atoms with Crippen LogP contribution in [-0.2, 0) is 10.2 Å². The number of carboxylic acids is 1. The molecule has 0 atom stereocenters. The zero-order valence-corrected chi connectivity index (χ0v) is 9.99. The first-order chi connectivity index (χ1) is 7.98. The minimum absolute atomic E-state index is 0.127. The molecule has 1 fully saturated rings. The number of hydrogen-bond acceptors (Lipinski definition) is 3. The van der Waals surface area contributed by atoms with Gasteiger partial charge in [0.2, 0.25) is 0 Å². The molecule has 0 bridgehead atoms. The molecule has 1 saturated carbocycles. The summed E-state index contributed by atoms with van der Waals surface area (Å²) in [5, 5.41) is 18.7. The molecule has 4 nitrogen and oxygen atoms in total. The van der Waals surface area contributed by atoms with Crippen molar-refractivity contribution < 1.29 is 19.7 Å². The van der Waals surface area contributed by atoms with Crippen LogP contribution in [0.2, 0.25) is 0 Å². The summed E-state index contributed by atoms with van der Waals surface area (Å²) in [5.74, 6) is -0.244. The van der Waals surface area contributed by atoms with E-state index >= 15 is 0 Å². The van der Waals surface area contributed by atoms with Gasteiger partial charge in [0.05, 0.1) is 13.5 Å². The van der Waals surface area contributed by atoms with Crippen molar-refractivity contribution in [3.63, 3.8) is 0 Å². The average molecular weight is 236 g/mol. The van der Waals surface area contributed by atoms with E-state index in [0.717, 1.165) is 24.0 Å². The molecule has 1 aliphatic carbocycles. The number of rotatable bonds is 4. The summed E-state index contributed by atoms with van der Waals surface area (Å²) in [4.78, 5) is 10.9. The highest BCUT2D eigenvalue weighted by Crippen LogP contribution is 2.52. The third kappa shape index (κ3) is 2.07. The zero-order valence-electron chi connectivity index (χ0n) is 9.99. The highest BCUT2D eigenvalue weighted by atomic mass is 16.5. The maximum Gasteiger partial charge on any atom is 0.304 e. The van der Waals surface area contributed by atoms with Crippen molar-refractivity contribution in [3.8, 4) is 11.5 Å². The van der Waals surface area contributed by atoms with Crippen LogP contribution in [0.25, 0.3) is 0 Å². The van der Waals surface area contributed by atoms with E-state index < -0.39 is 5.97 Å². The molecule has 0 radical (unpaired) electrons. The molecule has 0 aliphatic heterocycles. The molecule has 0 heterocycles. The molecule has 17 heavy (non-hydrogen) atoms. The Kier molecular flexibility index (Phi) is 2.73. The number of aromatic hydroxyl groups is 1. The van der Waals surface area contributed by atoms with Gasteiger partial charge in [-0.25, -0.2) is 0 Å². The molecule has 1 aromatic carbocycles. The van der Waals surface area contributed by atoms with E-state index in [1.165, 1.54) is 7.11 Å². The molecule has 0 spiro atoms. The molecule has 0 amide bonds. The monoisotopic (exact) mass is 236 g/mol. The molecule has 92 valence electrons. The molecule has 0 unspecified atom stereocenters. The van der Waals surface area contributed by atoms with E-state index in [4.69, 9.17) is 9.84 Å². The van der Waals surface area contributed by atoms with E-state index in [0.29, 0.717) is 5.75 Å². The van der Waals surface area contributed by atoms with Crippen molar-refractivity contribution in [3.05, 3.63) is 23.3 Å². The normalized spacial score (nSPS) is 16.6. The molecule has 4 heteroatoms. The van der Waals surface area contributed by atoms with Gasteiger partial charge in [0.25, 0.3) is 0 Å². The SMILES string of the molecule is COc1cc(C2(CC(=O)O)CC2)cc(C)c1O. The van der Waals surface area contributed by atoms with Crippen molar-refractivity contribution in [2.24, 2.45) is 0 Å². The fraction of sp³-hybridized carbons (Fsp3) is 0.462. The van der Waals surface area contributed by atoms with Crippen LogP contribution in [0.1, 0.15) is 30.4 Å². The highest BCUT2D eigenvalue weighted by molar-refractivity contribution is 5.70. The van der Waals surface area contributed by atoms with Gasteiger partial charge >= 0.3 is 5.97 Å². The Labute approximate surface area is 99.8 Å². The number of ether oxygens (including phenoxy) is 1. The summed E-state index contributed by atoms with van der Waals surface area (Å²) in [7, 11) is 1.50. The molecular formula is C13H16O4. The summed E-state index contributed by atoms with van der Waals surface area (Å²) in [6.45, 7) is 1.79. The summed E-state index contributed by atoms with van der Waals surface area (Å²) in [5.41, 5.74) is 1.42. The van der Waals surface area contributed by atoms with Gasteiger partial charge < -0.3 is 14.9 Å². The van der Waals surface area contributed by atoms with Crippen molar-refractivity contribution in [2.75, 3.05) is 7.11 Å². The Morgan fingerprint density at radius 2 is 2.12 bits per heavy atom. The second-order valence-corrected chi connectivity index (χ2v) is 4.69. The van der Waals surface area contributed by atoms with Gasteiger partial charge in [-0.2, -0.15) is 0 Å². The first kappa shape index (κ1) is 11.8. The van der Waals surface area contributed by atoms with Crippen LogP contribution in [0, 0.1) is 6.92 Å². The minimum atomic E-state index is -0.785. The summed E-state index contributed by atoms with van der Waals surface area (Å²) in [6.07, 6.45) is 1.90. The van der Waals surface area contributed by atoms with E-state index in [-0.39, 0.29) is 17.6 Å². The van der Waals surface area contributed by atoms with Crippen LogP contribution in [0.15, 0.2) is 12.1 Å². The number of carbonyl (C=O) groups is 1. The number of phenolic OH excluding ortho intramolecular Hbond substituents is 1. The number of carboxylic acid groups (broad SMARTS) is 1. The molecular weight excluding hydrogens is 220 g/mol. The molecule has 1 aliphatic rings. The zero-order chi connectivity index (χ0) is 12.6. The van der Waals surface area contributed by atoms with Gasteiger partial charge in [0.1, 0.15) is 0 Å². The lowest BCUT2D eigenvalue weighted by molar-refractivity contribution is -0.137. The number of phenols is 1. The van der Waals surface area contributed by atoms with Crippen LogP contribution in [0.3, 0.4) is 0 Å². The van der Waals surface area contributed by atoms with Crippen LogP contribution >= 0.6 is 0 Å². The van der Waals surface area contributed by atoms with Crippen LogP contribution in [-0.4, -0.2) is 23.3 Å². The van der Waals surface area contributed by atoms with Crippen LogP contribution in [0.4, 0.5) is 0 Å². The molecule has 0 saturated heterocycles. The standard InChI is InChI=1S/C13H16O4/c1-8-5-9(6-10(17-2)12(8)16)13(3-4-13)7-11(14)15/h5-6,16H,3-4,7H2,1-2H3,(H,14,15). The third-order valence-corrected chi connectivity index (χ3v) is 3.44. The average Bonchev–Trinajstić information content (AvgIpc) is 3.01. The maximum absolute atomic E-state index is 10.9. The van der Waals surface area contributed by atoms with Crippen molar-refractivity contribution in [2.45, 2.75) is 31.6 Å². The minimum Gasteiger partial charge on any atom is -0.504 e. The number of methoxy groups -OCH3 is 1. The first-order valence-electron chi connectivity index (χ1n) is 5.58. The van der Waals surface area contributed by atoms with Crippen molar-refractivity contribution >= 4 is 5.97 Å². The van der Waals surface area contributed by atoms with Gasteiger partial charge in [-0.15, -0.1) is 0 Å². The molecule has 2 rings (SSSR count).